The summed E-state index contributed by atoms with van der Waals surface area (Å²) in [6, 6.07) is 4.09. The van der Waals surface area contributed by atoms with Crippen molar-refractivity contribution in [2.45, 2.75) is 13.0 Å². The Kier molecular flexibility index (Phi) is 2.78. The van der Waals surface area contributed by atoms with Crippen molar-refractivity contribution < 1.29 is 0 Å². The fraction of sp³-hybridized carbons (Fsp3) is 0.333. The van der Waals surface area contributed by atoms with Crippen molar-refractivity contribution in [2.75, 3.05) is 18.9 Å². The van der Waals surface area contributed by atoms with E-state index in [-0.39, 0.29) is 0 Å². The third-order valence-corrected chi connectivity index (χ3v) is 3.78. The number of nitrogens with one attached hydrogen (secondary N) is 2. The lowest BCUT2D eigenvalue weighted by atomic mass is 10.1. The van der Waals surface area contributed by atoms with Crippen molar-refractivity contribution in [3.8, 4) is 10.7 Å². The number of nitrogens with zero attached hydrogens (tertiary/aromatic N) is 2. The van der Waals surface area contributed by atoms with Crippen LogP contribution in [0.2, 0.25) is 0 Å². The van der Waals surface area contributed by atoms with Gasteiger partial charge in [-0.15, -0.1) is 11.3 Å². The van der Waals surface area contributed by atoms with Crippen LogP contribution in [-0.2, 0) is 13.0 Å². The summed E-state index contributed by atoms with van der Waals surface area (Å²) < 4.78 is 0. The van der Waals surface area contributed by atoms with Gasteiger partial charge in [0.2, 0.25) is 0 Å². The van der Waals surface area contributed by atoms with Gasteiger partial charge in [-0.3, -0.25) is 0 Å². The number of anilines is 1. The summed E-state index contributed by atoms with van der Waals surface area (Å²) in [5.74, 6) is 1.79. The van der Waals surface area contributed by atoms with Crippen molar-refractivity contribution in [2.24, 2.45) is 0 Å². The minimum Gasteiger partial charge on any atom is -0.373 e. The molecule has 0 bridgehead atoms. The molecule has 88 valence electrons. The van der Waals surface area contributed by atoms with Gasteiger partial charge >= 0.3 is 0 Å². The molecular weight excluding hydrogens is 232 g/mol. The predicted octanol–water partition coefficient (Wildman–Crippen LogP) is 1.89. The Labute approximate surface area is 104 Å². The molecule has 5 heteroatoms. The van der Waals surface area contributed by atoms with E-state index in [1.165, 1.54) is 11.3 Å². The summed E-state index contributed by atoms with van der Waals surface area (Å²) in [5.41, 5.74) is 2.38. The first kappa shape index (κ1) is 10.7. The molecule has 2 aromatic heterocycles. The van der Waals surface area contributed by atoms with E-state index in [2.05, 4.69) is 32.0 Å². The average Bonchev–Trinajstić information content (AvgIpc) is 2.91. The molecular formula is C12H14N4S. The number of thiophene rings is 1. The van der Waals surface area contributed by atoms with Crippen LogP contribution in [-0.4, -0.2) is 23.6 Å². The number of rotatable bonds is 2. The summed E-state index contributed by atoms with van der Waals surface area (Å²) in [4.78, 5) is 10.4. The molecule has 17 heavy (non-hydrogen) atoms. The second kappa shape index (κ2) is 4.43. The molecule has 2 aromatic rings. The number of hydrogen-bond donors (Lipinski definition) is 2. The molecule has 0 fully saturated rings. The van der Waals surface area contributed by atoms with Crippen LogP contribution in [0.4, 0.5) is 5.82 Å². The predicted molar refractivity (Wildman–Crippen MR) is 70.3 cm³/mol. The highest BCUT2D eigenvalue weighted by Gasteiger charge is 2.17. The Morgan fingerprint density at radius 3 is 3.12 bits per heavy atom. The highest BCUT2D eigenvalue weighted by atomic mass is 32.1. The van der Waals surface area contributed by atoms with Gasteiger partial charge in [-0.1, -0.05) is 6.07 Å². The molecule has 4 nitrogen and oxygen atoms in total. The second-order valence-corrected chi connectivity index (χ2v) is 4.92. The third-order valence-electron chi connectivity index (χ3n) is 2.91. The Morgan fingerprint density at radius 2 is 2.35 bits per heavy atom. The van der Waals surface area contributed by atoms with Gasteiger partial charge in [0.05, 0.1) is 10.6 Å². The highest BCUT2D eigenvalue weighted by molar-refractivity contribution is 7.13. The van der Waals surface area contributed by atoms with Crippen molar-refractivity contribution in [1.29, 1.82) is 0 Å². The molecule has 0 radical (unpaired) electrons. The SMILES string of the molecule is CNc1nc(-c2cccs2)nc2c1CNCC2. The first-order valence-electron chi connectivity index (χ1n) is 5.70. The molecule has 0 amide bonds. The molecule has 3 rings (SSSR count). The minimum absolute atomic E-state index is 0.838. The lowest BCUT2D eigenvalue weighted by molar-refractivity contribution is 0.628. The number of fused-ring (bicyclic) bond motifs is 1. The van der Waals surface area contributed by atoms with Gasteiger partial charge in [0.15, 0.2) is 5.82 Å². The van der Waals surface area contributed by atoms with E-state index in [1.54, 1.807) is 11.3 Å². The van der Waals surface area contributed by atoms with Gasteiger partial charge in [0.1, 0.15) is 5.82 Å². The zero-order valence-electron chi connectivity index (χ0n) is 9.66. The summed E-state index contributed by atoms with van der Waals surface area (Å²) in [5, 5.41) is 8.58. The van der Waals surface area contributed by atoms with Gasteiger partial charge < -0.3 is 10.6 Å². The maximum atomic E-state index is 4.68. The molecule has 3 heterocycles. The molecule has 0 atom stereocenters. The first-order valence-corrected chi connectivity index (χ1v) is 6.58. The van der Waals surface area contributed by atoms with Crippen molar-refractivity contribution in [3.05, 3.63) is 28.8 Å². The fourth-order valence-electron chi connectivity index (χ4n) is 2.07. The van der Waals surface area contributed by atoms with Crippen LogP contribution >= 0.6 is 11.3 Å². The number of hydrogen-bond acceptors (Lipinski definition) is 5. The maximum absolute atomic E-state index is 4.68. The quantitative estimate of drug-likeness (QED) is 0.849. The smallest absolute Gasteiger partial charge is 0.171 e. The molecule has 2 N–H and O–H groups in total. The maximum Gasteiger partial charge on any atom is 0.171 e. The Balaban J connectivity index is 2.12. The van der Waals surface area contributed by atoms with Gasteiger partial charge in [0.25, 0.3) is 0 Å². The molecule has 0 saturated heterocycles. The van der Waals surface area contributed by atoms with E-state index in [1.807, 2.05) is 13.1 Å². The summed E-state index contributed by atoms with van der Waals surface area (Å²) in [6.07, 6.45) is 0.977. The van der Waals surface area contributed by atoms with Crippen molar-refractivity contribution >= 4 is 17.2 Å². The van der Waals surface area contributed by atoms with Crippen LogP contribution in [0.5, 0.6) is 0 Å². The van der Waals surface area contributed by atoms with Gasteiger partial charge in [0, 0.05) is 32.1 Å². The van der Waals surface area contributed by atoms with Crippen LogP contribution in [0.15, 0.2) is 17.5 Å². The Morgan fingerprint density at radius 1 is 1.41 bits per heavy atom. The van der Waals surface area contributed by atoms with Gasteiger partial charge in [-0.2, -0.15) is 0 Å². The van der Waals surface area contributed by atoms with E-state index >= 15 is 0 Å². The van der Waals surface area contributed by atoms with Crippen molar-refractivity contribution in [1.82, 2.24) is 15.3 Å². The van der Waals surface area contributed by atoms with E-state index in [4.69, 9.17) is 0 Å². The van der Waals surface area contributed by atoms with Crippen LogP contribution in [0.3, 0.4) is 0 Å². The second-order valence-electron chi connectivity index (χ2n) is 3.98. The average molecular weight is 246 g/mol. The zero-order chi connectivity index (χ0) is 11.7. The summed E-state index contributed by atoms with van der Waals surface area (Å²) in [6.45, 7) is 1.85. The molecule has 0 saturated carbocycles. The lowest BCUT2D eigenvalue weighted by Crippen LogP contribution is -2.26. The molecule has 0 spiro atoms. The monoisotopic (exact) mass is 246 g/mol. The van der Waals surface area contributed by atoms with E-state index in [0.29, 0.717) is 0 Å². The van der Waals surface area contributed by atoms with Gasteiger partial charge in [-0.05, 0) is 11.4 Å². The summed E-state index contributed by atoms with van der Waals surface area (Å²) in [7, 11) is 1.91. The van der Waals surface area contributed by atoms with Crippen LogP contribution in [0, 0.1) is 0 Å². The molecule has 0 aromatic carbocycles. The Bertz CT molecular complexity index is 504. The standard InChI is InChI=1S/C12H14N4S/c1-13-11-8-7-14-5-4-9(8)15-12(16-11)10-3-2-6-17-10/h2-3,6,14H,4-5,7H2,1H3,(H,13,15,16). The highest BCUT2D eigenvalue weighted by Crippen LogP contribution is 2.26. The fourth-order valence-corrected chi connectivity index (χ4v) is 2.72. The minimum atomic E-state index is 0.838. The normalized spacial score (nSPS) is 14.4. The first-order chi connectivity index (χ1) is 8.38. The summed E-state index contributed by atoms with van der Waals surface area (Å²) >= 11 is 1.68. The lowest BCUT2D eigenvalue weighted by Gasteiger charge is -2.19. The van der Waals surface area contributed by atoms with Gasteiger partial charge in [-0.25, -0.2) is 9.97 Å². The van der Waals surface area contributed by atoms with Crippen molar-refractivity contribution in [3.63, 3.8) is 0 Å². The number of aromatic nitrogens is 2. The molecule has 1 aliphatic rings. The largest absolute Gasteiger partial charge is 0.373 e. The van der Waals surface area contributed by atoms with Crippen LogP contribution in [0.25, 0.3) is 10.7 Å². The molecule has 0 aliphatic carbocycles. The topological polar surface area (TPSA) is 49.8 Å². The Hall–Kier alpha value is -1.46. The van der Waals surface area contributed by atoms with E-state index in [0.717, 1.165) is 36.0 Å². The molecule has 1 aliphatic heterocycles. The van der Waals surface area contributed by atoms with E-state index in [9.17, 15) is 0 Å². The zero-order valence-corrected chi connectivity index (χ0v) is 10.5. The molecule has 0 unspecified atom stereocenters. The van der Waals surface area contributed by atoms with Crippen LogP contribution < -0.4 is 10.6 Å². The van der Waals surface area contributed by atoms with E-state index < -0.39 is 0 Å². The van der Waals surface area contributed by atoms with Crippen LogP contribution in [0.1, 0.15) is 11.3 Å². The third kappa shape index (κ3) is 1.92.